The Balaban J connectivity index is 1.53. The maximum atomic E-state index is 13.7. The zero-order valence-corrected chi connectivity index (χ0v) is 20.0. The number of piperidine rings is 1. The molecule has 2 aromatic heterocycles. The van der Waals surface area contributed by atoms with Crippen LogP contribution in [-0.2, 0) is 4.74 Å². The minimum atomic E-state index is -0.514. The van der Waals surface area contributed by atoms with Gasteiger partial charge < -0.3 is 19.1 Å². The Labute approximate surface area is 189 Å². The third-order valence-electron chi connectivity index (χ3n) is 6.25. The first-order chi connectivity index (χ1) is 15.0. The van der Waals surface area contributed by atoms with E-state index in [9.17, 15) is 9.59 Å². The molecule has 2 aliphatic rings. The highest BCUT2D eigenvalue weighted by molar-refractivity contribution is 6.06. The zero-order valence-electron chi connectivity index (χ0n) is 20.0. The highest BCUT2D eigenvalue weighted by Crippen LogP contribution is 2.41. The fourth-order valence-electron chi connectivity index (χ4n) is 4.26. The minimum Gasteiger partial charge on any atom is -0.444 e. The number of rotatable bonds is 4. The molecule has 2 fully saturated rings. The van der Waals surface area contributed by atoms with Gasteiger partial charge in [0, 0.05) is 37.8 Å². The number of aromatic nitrogens is 2. The molecule has 0 unspecified atom stereocenters. The lowest BCUT2D eigenvalue weighted by atomic mass is 9.99. The summed E-state index contributed by atoms with van der Waals surface area (Å²) >= 11 is 0. The molecule has 0 aromatic carbocycles. The largest absolute Gasteiger partial charge is 0.444 e. The molecule has 1 aliphatic heterocycles. The highest BCUT2D eigenvalue weighted by Gasteiger charge is 2.33. The minimum absolute atomic E-state index is 0.0416. The van der Waals surface area contributed by atoms with Crippen LogP contribution in [-0.4, -0.2) is 63.7 Å². The van der Waals surface area contributed by atoms with Gasteiger partial charge in [0.2, 0.25) is 0 Å². The number of nitrogens with zero attached hydrogens (tertiary/aromatic N) is 4. The van der Waals surface area contributed by atoms with Crippen LogP contribution < -0.4 is 0 Å². The molecule has 1 saturated heterocycles. The summed E-state index contributed by atoms with van der Waals surface area (Å²) in [7, 11) is 1.85. The van der Waals surface area contributed by atoms with Gasteiger partial charge in [-0.1, -0.05) is 19.0 Å². The molecule has 4 rings (SSSR count). The molecule has 2 aromatic rings. The van der Waals surface area contributed by atoms with Gasteiger partial charge in [0.25, 0.3) is 11.6 Å². The third kappa shape index (κ3) is 4.59. The van der Waals surface area contributed by atoms with E-state index >= 15 is 0 Å². The van der Waals surface area contributed by atoms with Crippen LogP contribution >= 0.6 is 0 Å². The number of fused-ring (bicyclic) bond motifs is 1. The van der Waals surface area contributed by atoms with Crippen molar-refractivity contribution in [2.75, 3.05) is 20.1 Å². The van der Waals surface area contributed by atoms with Crippen LogP contribution in [0, 0.1) is 0 Å². The van der Waals surface area contributed by atoms with Crippen molar-refractivity contribution in [3.05, 3.63) is 23.0 Å². The lowest BCUT2D eigenvalue weighted by Gasteiger charge is -2.37. The second kappa shape index (κ2) is 8.37. The van der Waals surface area contributed by atoms with Crippen LogP contribution in [0.3, 0.4) is 0 Å². The molecule has 1 saturated carbocycles. The Bertz CT molecular complexity index is 1010. The quantitative estimate of drug-likeness (QED) is 0.682. The third-order valence-corrected chi connectivity index (χ3v) is 6.25. The summed E-state index contributed by atoms with van der Waals surface area (Å²) in [6.45, 7) is 10.8. The lowest BCUT2D eigenvalue weighted by molar-refractivity contribution is 0.0160. The zero-order chi connectivity index (χ0) is 23.2. The number of pyridine rings is 1. The SMILES string of the molecule is CC(C)c1noc2nc(C3CC3)cc(C(=O)N(C)C3CCN(C(=O)OC(C)(C)C)CC3)c12. The van der Waals surface area contributed by atoms with Gasteiger partial charge in [0.15, 0.2) is 0 Å². The van der Waals surface area contributed by atoms with Crippen molar-refractivity contribution in [2.45, 2.75) is 83.8 Å². The molecule has 8 nitrogen and oxygen atoms in total. The van der Waals surface area contributed by atoms with Crippen molar-refractivity contribution in [3.63, 3.8) is 0 Å². The Morgan fingerprint density at radius 2 is 1.84 bits per heavy atom. The number of hydrogen-bond acceptors (Lipinski definition) is 6. The number of ether oxygens (including phenoxy) is 1. The van der Waals surface area contributed by atoms with Crippen molar-refractivity contribution >= 4 is 23.1 Å². The fraction of sp³-hybridized carbons (Fsp3) is 0.667. The molecule has 0 atom stereocenters. The number of carbonyl (C=O) groups is 2. The molecule has 0 bridgehead atoms. The maximum absolute atomic E-state index is 13.7. The molecule has 0 radical (unpaired) electrons. The van der Waals surface area contributed by atoms with Gasteiger partial charge in [-0.15, -0.1) is 0 Å². The van der Waals surface area contributed by atoms with Crippen molar-refractivity contribution in [1.82, 2.24) is 19.9 Å². The van der Waals surface area contributed by atoms with Crippen LogP contribution in [0.1, 0.15) is 93.9 Å². The molecule has 1 aliphatic carbocycles. The molecule has 2 amide bonds. The molecular weight excluding hydrogens is 408 g/mol. The van der Waals surface area contributed by atoms with E-state index in [0.29, 0.717) is 43.1 Å². The second-order valence-corrected chi connectivity index (χ2v) is 10.4. The van der Waals surface area contributed by atoms with Gasteiger partial charge in [-0.2, -0.15) is 0 Å². The van der Waals surface area contributed by atoms with Gasteiger partial charge in [-0.3, -0.25) is 4.79 Å². The van der Waals surface area contributed by atoms with Gasteiger partial charge in [-0.25, -0.2) is 9.78 Å². The first kappa shape index (κ1) is 22.6. The molecule has 3 heterocycles. The summed E-state index contributed by atoms with van der Waals surface area (Å²) in [6.07, 6.45) is 3.32. The molecule has 8 heteroatoms. The summed E-state index contributed by atoms with van der Waals surface area (Å²) in [5, 5.41) is 4.95. The van der Waals surface area contributed by atoms with Crippen LogP contribution in [0.15, 0.2) is 10.6 Å². The maximum Gasteiger partial charge on any atom is 0.410 e. The van der Waals surface area contributed by atoms with E-state index in [1.165, 1.54) is 0 Å². The second-order valence-electron chi connectivity index (χ2n) is 10.4. The van der Waals surface area contributed by atoms with E-state index in [4.69, 9.17) is 9.26 Å². The summed E-state index contributed by atoms with van der Waals surface area (Å²) in [5.41, 5.74) is 2.25. The Morgan fingerprint density at radius 1 is 1.19 bits per heavy atom. The standard InChI is InChI=1S/C24H34N4O4/c1-14(2)20-19-17(13-18(15-7-8-15)25-21(19)32-26-20)22(29)27(6)16-9-11-28(12-10-16)23(30)31-24(3,4)5/h13-16H,7-12H2,1-6H3. The first-order valence-corrected chi connectivity index (χ1v) is 11.6. The molecular formula is C24H34N4O4. The van der Waals surface area contributed by atoms with Gasteiger partial charge in [-0.05, 0) is 58.4 Å². The number of carbonyl (C=O) groups excluding carboxylic acids is 2. The summed E-state index contributed by atoms with van der Waals surface area (Å²) in [4.78, 5) is 34.2. The lowest BCUT2D eigenvalue weighted by Crippen LogP contribution is -2.48. The van der Waals surface area contributed by atoms with Gasteiger partial charge in [0.1, 0.15) is 5.60 Å². The van der Waals surface area contributed by atoms with Crippen molar-refractivity contribution in [3.8, 4) is 0 Å². The average Bonchev–Trinajstić information content (AvgIpc) is 3.49. The van der Waals surface area contributed by atoms with E-state index in [2.05, 4.69) is 10.1 Å². The van der Waals surface area contributed by atoms with Crippen molar-refractivity contribution < 1.29 is 18.8 Å². The van der Waals surface area contributed by atoms with E-state index < -0.39 is 5.60 Å². The van der Waals surface area contributed by atoms with Gasteiger partial charge in [0.05, 0.1) is 16.6 Å². The fourth-order valence-corrected chi connectivity index (χ4v) is 4.26. The Morgan fingerprint density at radius 3 is 2.41 bits per heavy atom. The monoisotopic (exact) mass is 442 g/mol. The predicted molar refractivity (Wildman–Crippen MR) is 121 cm³/mol. The first-order valence-electron chi connectivity index (χ1n) is 11.6. The summed E-state index contributed by atoms with van der Waals surface area (Å²) in [6, 6.07) is 1.99. The van der Waals surface area contributed by atoms with Crippen LogP contribution in [0.5, 0.6) is 0 Å². The van der Waals surface area contributed by atoms with E-state index in [0.717, 1.165) is 29.6 Å². The molecule has 0 N–H and O–H groups in total. The Hall–Kier alpha value is -2.64. The molecule has 32 heavy (non-hydrogen) atoms. The highest BCUT2D eigenvalue weighted by atomic mass is 16.6. The smallest absolute Gasteiger partial charge is 0.410 e. The molecule has 174 valence electrons. The van der Waals surface area contributed by atoms with E-state index in [-0.39, 0.29) is 24.0 Å². The van der Waals surface area contributed by atoms with Gasteiger partial charge >= 0.3 is 6.09 Å². The summed E-state index contributed by atoms with van der Waals surface area (Å²) in [5.74, 6) is 0.486. The van der Waals surface area contributed by atoms with E-state index in [1.807, 2.05) is 52.6 Å². The van der Waals surface area contributed by atoms with Crippen LogP contribution in [0.4, 0.5) is 4.79 Å². The number of hydrogen-bond donors (Lipinski definition) is 0. The van der Waals surface area contributed by atoms with Crippen LogP contribution in [0.25, 0.3) is 11.1 Å². The topological polar surface area (TPSA) is 88.8 Å². The van der Waals surface area contributed by atoms with Crippen LogP contribution in [0.2, 0.25) is 0 Å². The van der Waals surface area contributed by atoms with E-state index in [1.54, 1.807) is 4.90 Å². The number of likely N-dealkylation sites (tertiary alicyclic amines) is 1. The van der Waals surface area contributed by atoms with Crippen molar-refractivity contribution in [1.29, 1.82) is 0 Å². The average molecular weight is 443 g/mol. The molecule has 0 spiro atoms. The normalized spacial score (nSPS) is 17.8. The summed E-state index contributed by atoms with van der Waals surface area (Å²) < 4.78 is 11.0. The Kier molecular flexibility index (Phi) is 5.90. The van der Waals surface area contributed by atoms with Crippen molar-refractivity contribution in [2.24, 2.45) is 0 Å². The predicted octanol–water partition coefficient (Wildman–Crippen LogP) is 4.70. The number of amides is 2.